The van der Waals surface area contributed by atoms with Crippen LogP contribution in [0.4, 0.5) is 0 Å². The van der Waals surface area contributed by atoms with Crippen LogP contribution in [0.2, 0.25) is 0 Å². The van der Waals surface area contributed by atoms with Crippen molar-refractivity contribution in [3.63, 3.8) is 0 Å². The third-order valence-electron chi connectivity index (χ3n) is 6.16. The van der Waals surface area contributed by atoms with E-state index in [4.69, 9.17) is 0 Å². The van der Waals surface area contributed by atoms with Crippen molar-refractivity contribution in [1.29, 1.82) is 0 Å². The Bertz CT molecular complexity index is 940. The van der Waals surface area contributed by atoms with E-state index in [9.17, 15) is 4.79 Å². The molecule has 2 heteroatoms. The Labute approximate surface area is 167 Å². The first-order chi connectivity index (χ1) is 13.6. The van der Waals surface area contributed by atoms with E-state index in [0.29, 0.717) is 18.6 Å². The number of aryl methyl sites for hydroxylation is 1. The largest absolute Gasteiger partial charge is 0.299 e. The van der Waals surface area contributed by atoms with Gasteiger partial charge in [0.05, 0.1) is 0 Å². The highest BCUT2D eigenvalue weighted by molar-refractivity contribution is 5.81. The van der Waals surface area contributed by atoms with E-state index >= 15 is 0 Å². The molecule has 1 aromatic heterocycles. The summed E-state index contributed by atoms with van der Waals surface area (Å²) in [5, 5.41) is 0. The zero-order valence-electron chi connectivity index (χ0n) is 16.5. The second-order valence-corrected chi connectivity index (χ2v) is 8.10. The lowest BCUT2D eigenvalue weighted by atomic mass is 9.62. The number of Topliss-reactive ketones (excluding diaryl/α,β-unsaturated/α-hetero) is 1. The molecular formula is C26H27NO. The number of rotatable bonds is 7. The van der Waals surface area contributed by atoms with Crippen LogP contribution < -0.4 is 0 Å². The van der Waals surface area contributed by atoms with Gasteiger partial charge in [-0.05, 0) is 66.0 Å². The van der Waals surface area contributed by atoms with E-state index in [-0.39, 0.29) is 5.41 Å². The first-order valence-corrected chi connectivity index (χ1v) is 10.2. The Hall–Kier alpha value is -2.74. The molecule has 0 bridgehead atoms. The van der Waals surface area contributed by atoms with Gasteiger partial charge in [0.1, 0.15) is 5.78 Å². The molecule has 0 unspecified atom stereocenters. The second kappa shape index (κ2) is 8.10. The van der Waals surface area contributed by atoms with Gasteiger partial charge in [0.15, 0.2) is 0 Å². The molecular weight excluding hydrogens is 342 g/mol. The Morgan fingerprint density at radius 1 is 0.964 bits per heavy atom. The number of hydrogen-bond acceptors (Lipinski definition) is 2. The van der Waals surface area contributed by atoms with Crippen molar-refractivity contribution in [2.45, 2.75) is 50.9 Å². The van der Waals surface area contributed by atoms with Crippen LogP contribution in [0.15, 0.2) is 72.9 Å². The average Bonchev–Trinajstić information content (AvgIpc) is 2.69. The van der Waals surface area contributed by atoms with Gasteiger partial charge in [-0.3, -0.25) is 9.78 Å². The summed E-state index contributed by atoms with van der Waals surface area (Å²) in [6, 6.07) is 23.2. The molecule has 0 aliphatic heterocycles. The minimum absolute atomic E-state index is 0.236. The van der Waals surface area contributed by atoms with Gasteiger partial charge < -0.3 is 0 Å². The van der Waals surface area contributed by atoms with Crippen LogP contribution in [-0.2, 0) is 16.6 Å². The molecule has 1 aliphatic carbocycles. The van der Waals surface area contributed by atoms with Gasteiger partial charge in [0, 0.05) is 24.7 Å². The van der Waals surface area contributed by atoms with Gasteiger partial charge in [0.2, 0.25) is 0 Å². The predicted molar refractivity (Wildman–Crippen MR) is 114 cm³/mol. The normalized spacial score (nSPS) is 15.0. The van der Waals surface area contributed by atoms with Gasteiger partial charge in [-0.1, -0.05) is 61.0 Å². The number of nitrogens with zero attached hydrogens (tertiary/aromatic N) is 1. The van der Waals surface area contributed by atoms with Crippen LogP contribution in [-0.4, -0.2) is 10.8 Å². The van der Waals surface area contributed by atoms with Gasteiger partial charge in [0.25, 0.3) is 0 Å². The summed E-state index contributed by atoms with van der Waals surface area (Å²) in [6.07, 6.45) is 7.71. The molecule has 4 rings (SSSR count). The highest BCUT2D eigenvalue weighted by atomic mass is 16.1. The van der Waals surface area contributed by atoms with E-state index in [0.717, 1.165) is 17.7 Å². The van der Waals surface area contributed by atoms with Crippen LogP contribution >= 0.6 is 0 Å². The molecule has 1 aliphatic rings. The standard InChI is InChI=1S/C26H27NO/c1-20-18-23(13-17-27-20)22-10-8-21(9-11-22)19-25(28)12-16-26(14-5-15-26)24-6-3-2-4-7-24/h2-4,6-11,13,17-18H,5,12,14-16,19H2,1H3. The predicted octanol–water partition coefficient (Wildman–Crippen LogP) is 6.07. The lowest BCUT2D eigenvalue weighted by Crippen LogP contribution is -2.34. The van der Waals surface area contributed by atoms with E-state index in [1.165, 1.54) is 36.0 Å². The molecule has 0 amide bonds. The number of pyridine rings is 1. The van der Waals surface area contributed by atoms with E-state index in [2.05, 4.69) is 65.6 Å². The minimum Gasteiger partial charge on any atom is -0.299 e. The fourth-order valence-electron chi connectivity index (χ4n) is 4.31. The summed E-state index contributed by atoms with van der Waals surface area (Å²) in [5.41, 5.74) is 6.09. The van der Waals surface area contributed by atoms with Gasteiger partial charge in [-0.15, -0.1) is 0 Å². The van der Waals surface area contributed by atoms with Crippen LogP contribution in [0.1, 0.15) is 48.9 Å². The maximum Gasteiger partial charge on any atom is 0.137 e. The van der Waals surface area contributed by atoms with Crippen molar-refractivity contribution in [2.75, 3.05) is 0 Å². The summed E-state index contributed by atoms with van der Waals surface area (Å²) in [5.74, 6) is 0.342. The lowest BCUT2D eigenvalue weighted by molar-refractivity contribution is -0.119. The van der Waals surface area contributed by atoms with Crippen molar-refractivity contribution >= 4 is 5.78 Å². The van der Waals surface area contributed by atoms with Crippen LogP contribution in [0.5, 0.6) is 0 Å². The molecule has 0 atom stereocenters. The lowest BCUT2D eigenvalue weighted by Gasteiger charge is -2.42. The first-order valence-electron chi connectivity index (χ1n) is 10.2. The second-order valence-electron chi connectivity index (χ2n) is 8.10. The van der Waals surface area contributed by atoms with E-state index in [1.54, 1.807) is 0 Å². The molecule has 1 fully saturated rings. The third-order valence-corrected chi connectivity index (χ3v) is 6.16. The maximum absolute atomic E-state index is 12.6. The fraction of sp³-hybridized carbons (Fsp3) is 0.308. The summed E-state index contributed by atoms with van der Waals surface area (Å²) in [7, 11) is 0. The summed E-state index contributed by atoms with van der Waals surface area (Å²) >= 11 is 0. The summed E-state index contributed by atoms with van der Waals surface area (Å²) in [6.45, 7) is 2.00. The molecule has 28 heavy (non-hydrogen) atoms. The molecule has 0 spiro atoms. The number of aromatic nitrogens is 1. The van der Waals surface area contributed by atoms with Crippen molar-refractivity contribution in [1.82, 2.24) is 4.98 Å². The molecule has 0 N–H and O–H groups in total. The molecule has 2 aromatic carbocycles. The van der Waals surface area contributed by atoms with Crippen molar-refractivity contribution in [2.24, 2.45) is 0 Å². The highest BCUT2D eigenvalue weighted by Gasteiger charge is 2.38. The SMILES string of the molecule is Cc1cc(-c2ccc(CC(=O)CCC3(c4ccccc4)CCC3)cc2)ccn1. The number of carbonyl (C=O) groups is 1. The highest BCUT2D eigenvalue weighted by Crippen LogP contribution is 2.47. The van der Waals surface area contributed by atoms with Crippen LogP contribution in [0.3, 0.4) is 0 Å². The number of benzene rings is 2. The van der Waals surface area contributed by atoms with Crippen molar-refractivity contribution in [3.05, 3.63) is 89.7 Å². The smallest absolute Gasteiger partial charge is 0.137 e. The van der Waals surface area contributed by atoms with Gasteiger partial charge >= 0.3 is 0 Å². The first kappa shape index (κ1) is 18.6. The topological polar surface area (TPSA) is 30.0 Å². The van der Waals surface area contributed by atoms with Crippen LogP contribution in [0, 0.1) is 6.92 Å². The average molecular weight is 370 g/mol. The third kappa shape index (κ3) is 4.06. The Morgan fingerprint density at radius 2 is 1.71 bits per heavy atom. The van der Waals surface area contributed by atoms with Gasteiger partial charge in [-0.2, -0.15) is 0 Å². The summed E-state index contributed by atoms with van der Waals surface area (Å²) in [4.78, 5) is 16.9. The molecule has 1 heterocycles. The van der Waals surface area contributed by atoms with Gasteiger partial charge in [-0.25, -0.2) is 0 Å². The summed E-state index contributed by atoms with van der Waals surface area (Å²) < 4.78 is 0. The Kier molecular flexibility index (Phi) is 5.38. The molecule has 3 aromatic rings. The van der Waals surface area contributed by atoms with E-state index < -0.39 is 0 Å². The molecule has 1 saturated carbocycles. The monoisotopic (exact) mass is 369 g/mol. The fourth-order valence-corrected chi connectivity index (χ4v) is 4.31. The number of ketones is 1. The number of hydrogen-bond donors (Lipinski definition) is 0. The molecule has 2 nitrogen and oxygen atoms in total. The zero-order chi connectivity index (χ0) is 19.4. The molecule has 142 valence electrons. The maximum atomic E-state index is 12.6. The van der Waals surface area contributed by atoms with Crippen molar-refractivity contribution in [3.8, 4) is 11.1 Å². The quantitative estimate of drug-likeness (QED) is 0.506. The van der Waals surface area contributed by atoms with Crippen molar-refractivity contribution < 1.29 is 4.79 Å². The Morgan fingerprint density at radius 3 is 2.36 bits per heavy atom. The van der Waals surface area contributed by atoms with Crippen LogP contribution in [0.25, 0.3) is 11.1 Å². The number of carbonyl (C=O) groups excluding carboxylic acids is 1. The van der Waals surface area contributed by atoms with E-state index in [1.807, 2.05) is 19.2 Å². The molecule has 0 saturated heterocycles. The Balaban J connectivity index is 1.36. The molecule has 0 radical (unpaired) electrons. The minimum atomic E-state index is 0.236. The zero-order valence-corrected chi connectivity index (χ0v) is 16.5.